The molecule has 0 radical (unpaired) electrons. The molecular formula is C40H27NO. The van der Waals surface area contributed by atoms with Crippen LogP contribution in [0.15, 0.2) is 168 Å². The summed E-state index contributed by atoms with van der Waals surface area (Å²) in [5.41, 5.74) is 7.25. The van der Waals surface area contributed by atoms with E-state index in [1.165, 1.54) is 0 Å². The second kappa shape index (κ2) is 10.1. The van der Waals surface area contributed by atoms with E-state index in [9.17, 15) is 0 Å². The van der Waals surface area contributed by atoms with Gasteiger partial charge in [-0.15, -0.1) is 0 Å². The molecular weight excluding hydrogens is 510 g/mol. The van der Waals surface area contributed by atoms with E-state index in [0.29, 0.717) is 16.7 Å². The largest absolute Gasteiger partial charge is 0.455 e. The minimum Gasteiger partial charge on any atom is -0.455 e. The van der Waals surface area contributed by atoms with Gasteiger partial charge in [0.25, 0.3) is 0 Å². The van der Waals surface area contributed by atoms with E-state index in [2.05, 4.69) is 59.5 Å². The molecule has 7 aromatic carbocycles. The highest BCUT2D eigenvalue weighted by Gasteiger charge is 2.18. The molecule has 0 aliphatic carbocycles. The average Bonchev–Trinajstić information content (AvgIpc) is 3.50. The normalized spacial score (nSPS) is 13.0. The number of rotatable bonds is 5. The second-order valence-electron chi connectivity index (χ2n) is 10.2. The van der Waals surface area contributed by atoms with Crippen molar-refractivity contribution in [3.8, 4) is 22.3 Å². The minimum atomic E-state index is -0.410. The molecule has 0 N–H and O–H groups in total. The quantitative estimate of drug-likeness (QED) is 0.215. The predicted molar refractivity (Wildman–Crippen MR) is 177 cm³/mol. The van der Waals surface area contributed by atoms with Gasteiger partial charge in [-0.1, -0.05) is 115 Å². The van der Waals surface area contributed by atoms with Gasteiger partial charge >= 0.3 is 0 Å². The van der Waals surface area contributed by atoms with Gasteiger partial charge < -0.3 is 9.32 Å². The Morgan fingerprint density at radius 3 is 1.79 bits per heavy atom. The molecule has 1 heterocycles. The summed E-state index contributed by atoms with van der Waals surface area (Å²) in [5, 5.41) is 3.28. The van der Waals surface area contributed by atoms with Gasteiger partial charge in [-0.2, -0.15) is 0 Å². The Morgan fingerprint density at radius 1 is 0.476 bits per heavy atom. The Balaban J connectivity index is 1.34. The topological polar surface area (TPSA) is 16.4 Å². The lowest BCUT2D eigenvalue weighted by Gasteiger charge is -2.25. The molecule has 0 saturated heterocycles. The van der Waals surface area contributed by atoms with Crippen molar-refractivity contribution >= 4 is 49.8 Å². The van der Waals surface area contributed by atoms with Crippen LogP contribution in [-0.4, -0.2) is 0 Å². The van der Waals surface area contributed by atoms with Crippen LogP contribution in [0.3, 0.4) is 0 Å². The van der Waals surface area contributed by atoms with Crippen LogP contribution in [0.25, 0.3) is 55.0 Å². The van der Waals surface area contributed by atoms with Crippen molar-refractivity contribution in [2.45, 2.75) is 0 Å². The molecule has 0 saturated carbocycles. The molecule has 1 aromatic heterocycles. The van der Waals surface area contributed by atoms with Crippen molar-refractivity contribution in [1.82, 2.24) is 0 Å². The highest BCUT2D eigenvalue weighted by molar-refractivity contribution is 6.22. The fourth-order valence-corrected chi connectivity index (χ4v) is 5.87. The molecule has 2 nitrogen and oxygen atoms in total. The van der Waals surface area contributed by atoms with E-state index in [-0.39, 0.29) is 29.7 Å². The zero-order chi connectivity index (χ0) is 32.2. The number of hydrogen-bond acceptors (Lipinski definition) is 2. The summed E-state index contributed by atoms with van der Waals surface area (Å²) < 4.78 is 48.8. The summed E-state index contributed by atoms with van der Waals surface area (Å²) in [7, 11) is 0. The first-order valence-electron chi connectivity index (χ1n) is 16.4. The van der Waals surface area contributed by atoms with Crippen molar-refractivity contribution in [3.05, 3.63) is 164 Å². The molecule has 0 spiro atoms. The molecule has 0 aliphatic heterocycles. The Kier molecular flexibility index (Phi) is 4.68. The van der Waals surface area contributed by atoms with Crippen molar-refractivity contribution in [2.24, 2.45) is 0 Å². The average molecular weight is 543 g/mol. The highest BCUT2D eigenvalue weighted by atomic mass is 16.3. The van der Waals surface area contributed by atoms with Crippen LogP contribution in [0.1, 0.15) is 6.85 Å². The van der Waals surface area contributed by atoms with Crippen LogP contribution < -0.4 is 4.90 Å². The SMILES string of the molecule is [2H]c1c([2H])c([2H])c(-c2cc3c(oc4cccc(-c5ccc(N(c6ccccc6)c6ccccc6)cc5)c43)c3ccccc23)c([2H])c1[2H]. The Hall–Kier alpha value is -5.60. The van der Waals surface area contributed by atoms with Crippen LogP contribution in [-0.2, 0) is 0 Å². The van der Waals surface area contributed by atoms with Crippen molar-refractivity contribution < 1.29 is 11.3 Å². The van der Waals surface area contributed by atoms with Crippen molar-refractivity contribution in [1.29, 1.82) is 0 Å². The molecule has 0 amide bonds. The number of nitrogens with zero attached hydrogens (tertiary/aromatic N) is 1. The lowest BCUT2D eigenvalue weighted by atomic mass is 9.93. The summed E-state index contributed by atoms with van der Waals surface area (Å²) >= 11 is 0. The maximum atomic E-state index is 8.74. The fraction of sp³-hybridized carbons (Fsp3) is 0. The fourth-order valence-electron chi connectivity index (χ4n) is 5.87. The smallest absolute Gasteiger partial charge is 0.143 e. The van der Waals surface area contributed by atoms with E-state index in [4.69, 9.17) is 11.3 Å². The van der Waals surface area contributed by atoms with Crippen LogP contribution in [0.2, 0.25) is 0 Å². The number of fused-ring (bicyclic) bond motifs is 5. The van der Waals surface area contributed by atoms with E-state index >= 15 is 0 Å². The van der Waals surface area contributed by atoms with Gasteiger partial charge in [0, 0.05) is 33.2 Å². The lowest BCUT2D eigenvalue weighted by Crippen LogP contribution is -2.09. The van der Waals surface area contributed by atoms with Gasteiger partial charge in [0.2, 0.25) is 0 Å². The van der Waals surface area contributed by atoms with E-state index in [1.807, 2.05) is 78.9 Å². The Labute approximate surface area is 251 Å². The molecule has 8 rings (SSSR count). The van der Waals surface area contributed by atoms with Gasteiger partial charge in [0.15, 0.2) is 0 Å². The molecule has 0 aliphatic rings. The Morgan fingerprint density at radius 2 is 1.10 bits per heavy atom. The highest BCUT2D eigenvalue weighted by Crippen LogP contribution is 2.43. The van der Waals surface area contributed by atoms with Crippen LogP contribution in [0.5, 0.6) is 0 Å². The van der Waals surface area contributed by atoms with Crippen molar-refractivity contribution in [2.75, 3.05) is 4.90 Å². The van der Waals surface area contributed by atoms with Crippen LogP contribution in [0.4, 0.5) is 17.1 Å². The van der Waals surface area contributed by atoms with Gasteiger partial charge in [0.1, 0.15) is 11.2 Å². The van der Waals surface area contributed by atoms with E-state index in [1.54, 1.807) is 0 Å². The first-order valence-corrected chi connectivity index (χ1v) is 13.9. The van der Waals surface area contributed by atoms with Crippen LogP contribution >= 0.6 is 0 Å². The summed E-state index contributed by atoms with van der Waals surface area (Å²) in [5.74, 6) is 0. The van der Waals surface area contributed by atoms with E-state index in [0.717, 1.165) is 49.7 Å². The lowest BCUT2D eigenvalue weighted by molar-refractivity contribution is 0.673. The molecule has 0 bridgehead atoms. The molecule has 42 heavy (non-hydrogen) atoms. The third kappa shape index (κ3) is 4.05. The summed E-state index contributed by atoms with van der Waals surface area (Å²) in [6.45, 7) is 0. The van der Waals surface area contributed by atoms with Crippen LogP contribution in [0, 0.1) is 0 Å². The molecule has 0 unspecified atom stereocenters. The summed E-state index contributed by atoms with van der Waals surface area (Å²) in [6, 6.07) is 43.0. The first-order chi connectivity index (χ1) is 22.9. The zero-order valence-corrected chi connectivity index (χ0v) is 22.6. The number of furan rings is 1. The van der Waals surface area contributed by atoms with Crippen molar-refractivity contribution in [3.63, 3.8) is 0 Å². The first kappa shape index (κ1) is 19.5. The molecule has 198 valence electrons. The number of anilines is 3. The molecule has 8 aromatic rings. The van der Waals surface area contributed by atoms with Gasteiger partial charge in [-0.3, -0.25) is 0 Å². The van der Waals surface area contributed by atoms with Gasteiger partial charge in [0.05, 0.1) is 6.85 Å². The third-order valence-electron chi connectivity index (χ3n) is 7.74. The van der Waals surface area contributed by atoms with Gasteiger partial charge in [-0.05, 0) is 76.2 Å². The van der Waals surface area contributed by atoms with Gasteiger partial charge in [-0.25, -0.2) is 0 Å². The molecule has 0 fully saturated rings. The minimum absolute atomic E-state index is 0.173. The second-order valence-corrected chi connectivity index (χ2v) is 10.2. The number of benzene rings is 7. The monoisotopic (exact) mass is 542 g/mol. The van der Waals surface area contributed by atoms with E-state index < -0.39 is 6.04 Å². The zero-order valence-electron chi connectivity index (χ0n) is 27.6. The predicted octanol–water partition coefficient (Wildman–Crippen LogP) is 11.5. The third-order valence-corrected chi connectivity index (χ3v) is 7.74. The maximum absolute atomic E-state index is 8.74. The maximum Gasteiger partial charge on any atom is 0.143 e. The standard InChI is InChI=1S/C40H27NO/c1-4-13-28(14-5-1)36-27-37-39-33(21-12-22-38(39)42-40(37)35-20-11-10-19-34(35)36)29-23-25-32(26-24-29)41(30-15-6-2-7-16-30)31-17-8-3-9-18-31/h1-27H/i1D,4D,5D,13D,14D. The molecule has 0 atom stereocenters. The Bertz CT molecular complexity index is 2390. The summed E-state index contributed by atoms with van der Waals surface area (Å²) in [4.78, 5) is 2.22. The number of hydrogen-bond donors (Lipinski definition) is 0. The number of para-hydroxylation sites is 2. The summed E-state index contributed by atoms with van der Waals surface area (Å²) in [6.07, 6.45) is 0. The molecule has 2 heteroatoms.